The van der Waals surface area contributed by atoms with E-state index in [4.69, 9.17) is 5.26 Å². The van der Waals surface area contributed by atoms with Crippen molar-refractivity contribution in [1.29, 1.82) is 5.26 Å². The first-order valence-corrected chi connectivity index (χ1v) is 7.04. The molecule has 0 aliphatic carbocycles. The first-order chi connectivity index (χ1) is 8.66. The van der Waals surface area contributed by atoms with Crippen molar-refractivity contribution in [3.63, 3.8) is 0 Å². The van der Waals surface area contributed by atoms with Crippen molar-refractivity contribution in [1.82, 2.24) is 9.88 Å². The van der Waals surface area contributed by atoms with Gasteiger partial charge in [0.2, 0.25) is 0 Å². The zero-order valence-corrected chi connectivity index (χ0v) is 13.6. The Kier molecular flexibility index (Phi) is 4.81. The van der Waals surface area contributed by atoms with Crippen LogP contribution in [0.1, 0.15) is 51.1 Å². The maximum atomic E-state index is 12.3. The Hall–Kier alpha value is -1.28. The van der Waals surface area contributed by atoms with Crippen LogP contribution in [0, 0.1) is 16.7 Å². The van der Waals surface area contributed by atoms with Gasteiger partial charge in [0.1, 0.15) is 11.7 Å². The fourth-order valence-corrected chi connectivity index (χ4v) is 2.14. The van der Waals surface area contributed by atoms with Crippen LogP contribution < -0.4 is 5.32 Å². The molecule has 5 heteroatoms. The van der Waals surface area contributed by atoms with Crippen LogP contribution in [0.2, 0.25) is 0 Å². The van der Waals surface area contributed by atoms with Crippen molar-refractivity contribution in [2.75, 3.05) is 0 Å². The van der Waals surface area contributed by atoms with Gasteiger partial charge in [-0.25, -0.2) is 0 Å². The molecule has 0 bridgehead atoms. The van der Waals surface area contributed by atoms with Crippen LogP contribution in [-0.2, 0) is 0 Å². The maximum absolute atomic E-state index is 12.3. The molecule has 104 valence electrons. The molecule has 1 heterocycles. The predicted octanol–water partition coefficient (Wildman–Crippen LogP) is 3.50. The molecule has 1 aromatic heterocycles. The average molecular weight is 326 g/mol. The monoisotopic (exact) mass is 325 g/mol. The molecule has 0 radical (unpaired) electrons. The number of carbonyl (C=O) groups excluding carboxylic acids is 1. The summed E-state index contributed by atoms with van der Waals surface area (Å²) in [6, 6.07) is 3.58. The molecule has 0 fully saturated rings. The number of nitriles is 1. The first-order valence-electron chi connectivity index (χ1n) is 6.24. The summed E-state index contributed by atoms with van der Waals surface area (Å²) in [7, 11) is 0. The number of hydrogen-bond donors (Lipinski definition) is 1. The highest BCUT2D eigenvalue weighted by atomic mass is 79.9. The number of hydrogen-bond acceptors (Lipinski definition) is 2. The number of amides is 1. The zero-order chi connectivity index (χ0) is 14.8. The molecule has 19 heavy (non-hydrogen) atoms. The Morgan fingerprint density at radius 1 is 1.47 bits per heavy atom. The minimum absolute atomic E-state index is 0.183. The van der Waals surface area contributed by atoms with E-state index in [9.17, 15) is 4.79 Å². The van der Waals surface area contributed by atoms with Crippen LogP contribution in [0.4, 0.5) is 0 Å². The fourth-order valence-electron chi connectivity index (χ4n) is 1.70. The highest BCUT2D eigenvalue weighted by molar-refractivity contribution is 9.10. The van der Waals surface area contributed by atoms with Gasteiger partial charge < -0.3 is 9.88 Å². The number of nitrogens with zero attached hydrogens (tertiary/aromatic N) is 2. The minimum atomic E-state index is -0.519. The second-order valence-corrected chi connectivity index (χ2v) is 6.86. The van der Waals surface area contributed by atoms with Gasteiger partial charge in [0, 0.05) is 16.7 Å². The quantitative estimate of drug-likeness (QED) is 0.924. The van der Waals surface area contributed by atoms with Crippen molar-refractivity contribution >= 4 is 21.8 Å². The summed E-state index contributed by atoms with van der Waals surface area (Å²) in [6.45, 7) is 9.80. The zero-order valence-electron chi connectivity index (χ0n) is 12.0. The summed E-state index contributed by atoms with van der Waals surface area (Å²) in [4.78, 5) is 12.3. The molecule has 0 spiro atoms. The highest BCUT2D eigenvalue weighted by Crippen LogP contribution is 2.22. The summed E-state index contributed by atoms with van der Waals surface area (Å²) < 4.78 is 2.74. The molecule has 0 aliphatic rings. The third-order valence-corrected chi connectivity index (χ3v) is 3.31. The molecular weight excluding hydrogens is 306 g/mol. The van der Waals surface area contributed by atoms with Gasteiger partial charge in [-0.3, -0.25) is 4.79 Å². The smallest absolute Gasteiger partial charge is 0.269 e. The topological polar surface area (TPSA) is 57.8 Å². The maximum Gasteiger partial charge on any atom is 0.269 e. The Morgan fingerprint density at radius 3 is 2.47 bits per heavy atom. The van der Waals surface area contributed by atoms with E-state index in [1.54, 1.807) is 6.07 Å². The van der Waals surface area contributed by atoms with Crippen LogP contribution >= 0.6 is 15.9 Å². The normalized spacial score (nSPS) is 13.2. The molecule has 1 unspecified atom stereocenters. The molecule has 1 amide bonds. The number of halogens is 1. The minimum Gasteiger partial charge on any atom is -0.340 e. The van der Waals surface area contributed by atoms with Crippen molar-refractivity contribution < 1.29 is 4.79 Å². The number of nitrogens with one attached hydrogen (secondary N) is 1. The Bertz CT molecular complexity index is 506. The van der Waals surface area contributed by atoms with Crippen LogP contribution in [0.5, 0.6) is 0 Å². The SMILES string of the molecule is CC(C)n1cc(Br)cc1C(=O)NC(C#N)C(C)(C)C. The molecule has 1 atom stereocenters. The summed E-state index contributed by atoms with van der Waals surface area (Å²) >= 11 is 3.38. The van der Waals surface area contributed by atoms with E-state index in [-0.39, 0.29) is 17.4 Å². The van der Waals surface area contributed by atoms with Crippen LogP contribution in [-0.4, -0.2) is 16.5 Å². The van der Waals surface area contributed by atoms with E-state index in [0.717, 1.165) is 4.47 Å². The third-order valence-electron chi connectivity index (χ3n) is 2.87. The van der Waals surface area contributed by atoms with E-state index in [2.05, 4.69) is 27.3 Å². The molecule has 0 saturated heterocycles. The Balaban J connectivity index is 2.99. The van der Waals surface area contributed by atoms with Gasteiger partial charge in [-0.05, 0) is 41.3 Å². The summed E-state index contributed by atoms with van der Waals surface area (Å²) in [6.07, 6.45) is 1.87. The molecule has 4 nitrogen and oxygen atoms in total. The lowest BCUT2D eigenvalue weighted by Crippen LogP contribution is -2.43. The first kappa shape index (κ1) is 15.8. The van der Waals surface area contributed by atoms with Gasteiger partial charge in [-0.2, -0.15) is 5.26 Å². The van der Waals surface area contributed by atoms with E-state index in [1.165, 1.54) is 0 Å². The second kappa shape index (κ2) is 5.79. The van der Waals surface area contributed by atoms with Crippen LogP contribution in [0.25, 0.3) is 0 Å². The largest absolute Gasteiger partial charge is 0.340 e. The summed E-state index contributed by atoms with van der Waals surface area (Å²) in [5.74, 6) is -0.221. The van der Waals surface area contributed by atoms with Gasteiger partial charge >= 0.3 is 0 Å². The van der Waals surface area contributed by atoms with Crippen molar-refractivity contribution in [3.05, 3.63) is 22.4 Å². The molecule has 1 rings (SSSR count). The van der Waals surface area contributed by atoms with Crippen LogP contribution in [0.15, 0.2) is 16.7 Å². The lowest BCUT2D eigenvalue weighted by molar-refractivity contribution is 0.0911. The summed E-state index contributed by atoms with van der Waals surface area (Å²) in [5, 5.41) is 12.0. The standard InChI is InChI=1S/C14H20BrN3O/c1-9(2)18-8-10(15)6-11(18)13(19)17-12(7-16)14(3,4)5/h6,8-9,12H,1-5H3,(H,17,19). The molecule has 1 N–H and O–H groups in total. The number of carbonyl (C=O) groups is 1. The summed E-state index contributed by atoms with van der Waals surface area (Å²) in [5.41, 5.74) is 0.267. The molecule has 0 saturated carbocycles. The molecule has 0 aliphatic heterocycles. The molecular formula is C14H20BrN3O. The lowest BCUT2D eigenvalue weighted by atomic mass is 9.87. The van der Waals surface area contributed by atoms with E-state index in [1.807, 2.05) is 45.4 Å². The molecule has 0 aromatic carbocycles. The van der Waals surface area contributed by atoms with Crippen LogP contribution in [0.3, 0.4) is 0 Å². The predicted molar refractivity (Wildman–Crippen MR) is 78.8 cm³/mol. The van der Waals surface area contributed by atoms with Gasteiger partial charge in [-0.1, -0.05) is 20.8 Å². The number of rotatable bonds is 3. The van der Waals surface area contributed by atoms with E-state index in [0.29, 0.717) is 5.69 Å². The third kappa shape index (κ3) is 3.84. The highest BCUT2D eigenvalue weighted by Gasteiger charge is 2.27. The Morgan fingerprint density at radius 2 is 2.05 bits per heavy atom. The fraction of sp³-hybridized carbons (Fsp3) is 0.571. The lowest BCUT2D eigenvalue weighted by Gasteiger charge is -2.25. The van der Waals surface area contributed by atoms with Gasteiger partial charge in [0.15, 0.2) is 0 Å². The number of aromatic nitrogens is 1. The van der Waals surface area contributed by atoms with E-state index < -0.39 is 6.04 Å². The second-order valence-electron chi connectivity index (χ2n) is 5.95. The van der Waals surface area contributed by atoms with Crippen molar-refractivity contribution in [2.24, 2.45) is 5.41 Å². The van der Waals surface area contributed by atoms with E-state index >= 15 is 0 Å². The van der Waals surface area contributed by atoms with Gasteiger partial charge in [-0.15, -0.1) is 0 Å². The average Bonchev–Trinajstić information content (AvgIpc) is 2.66. The van der Waals surface area contributed by atoms with Crippen molar-refractivity contribution in [2.45, 2.75) is 46.7 Å². The van der Waals surface area contributed by atoms with Crippen molar-refractivity contribution in [3.8, 4) is 6.07 Å². The Labute approximate surface area is 122 Å². The van der Waals surface area contributed by atoms with Gasteiger partial charge in [0.05, 0.1) is 6.07 Å². The van der Waals surface area contributed by atoms with Gasteiger partial charge in [0.25, 0.3) is 5.91 Å². The molecule has 1 aromatic rings.